The predicted octanol–water partition coefficient (Wildman–Crippen LogP) is 6.42. The molecular weight excluding hydrogens is 420 g/mol. The molecule has 0 bridgehead atoms. The van der Waals surface area contributed by atoms with Gasteiger partial charge in [-0.25, -0.2) is 4.98 Å². The number of hydrogen-bond donors (Lipinski definition) is 2. The number of hydrogen-bond acceptors (Lipinski definition) is 3. The Morgan fingerprint density at radius 2 is 1.85 bits per heavy atom. The fraction of sp³-hybridized carbons (Fsp3) is 0.379. The molecule has 2 aliphatic rings. The van der Waals surface area contributed by atoms with E-state index in [2.05, 4.69) is 52.5 Å². The lowest BCUT2D eigenvalue weighted by molar-refractivity contribution is -0.105. The number of H-pyrrole nitrogens is 1. The lowest BCUT2D eigenvalue weighted by Crippen LogP contribution is -2.33. The quantitative estimate of drug-likeness (QED) is 0.318. The highest BCUT2D eigenvalue weighted by Gasteiger charge is 2.33. The van der Waals surface area contributed by atoms with E-state index in [1.807, 2.05) is 18.2 Å². The summed E-state index contributed by atoms with van der Waals surface area (Å²) in [5.74, 6) is 1.21. The molecule has 4 aromatic rings. The van der Waals surface area contributed by atoms with Crippen LogP contribution in [-0.4, -0.2) is 40.9 Å². The minimum absolute atomic E-state index is 0.556. The van der Waals surface area contributed by atoms with Crippen LogP contribution in [0.25, 0.3) is 33.1 Å². The second-order valence-electron chi connectivity index (χ2n) is 9.91. The Bertz CT molecular complexity index is 1350. The standard InChI is InChI=1S/C29H32N4O/c1-2-15-33-16-13-20(14-17-33)26-28(21-7-8-21)32-25-12-11-24(31-29(25)26)27-22-6-4-3-5-19(22)9-10-23(27)30-18-34/h3-6,9-12,18,20-21,32H,2,7-8,13-17H2,1H3,(H,30,34). The van der Waals surface area contributed by atoms with Crippen LogP contribution in [-0.2, 0) is 4.79 Å². The van der Waals surface area contributed by atoms with Crippen molar-refractivity contribution in [3.05, 3.63) is 59.8 Å². The van der Waals surface area contributed by atoms with Crippen LogP contribution in [0.4, 0.5) is 5.69 Å². The summed E-state index contributed by atoms with van der Waals surface area (Å²) in [6.45, 7) is 5.81. The summed E-state index contributed by atoms with van der Waals surface area (Å²) < 4.78 is 0. The van der Waals surface area contributed by atoms with Crippen molar-refractivity contribution in [1.82, 2.24) is 14.9 Å². The Morgan fingerprint density at radius 3 is 2.62 bits per heavy atom. The second-order valence-corrected chi connectivity index (χ2v) is 9.91. The lowest BCUT2D eigenvalue weighted by Gasteiger charge is -2.32. The number of rotatable bonds is 7. The van der Waals surface area contributed by atoms with Crippen LogP contribution in [0.1, 0.15) is 62.1 Å². The van der Waals surface area contributed by atoms with Crippen LogP contribution in [0.5, 0.6) is 0 Å². The maximum atomic E-state index is 11.4. The Hall–Kier alpha value is -3.18. The molecule has 0 spiro atoms. The highest BCUT2D eigenvalue weighted by atomic mass is 16.1. The van der Waals surface area contributed by atoms with Crippen molar-refractivity contribution >= 4 is 33.9 Å². The van der Waals surface area contributed by atoms with Gasteiger partial charge in [0.25, 0.3) is 0 Å². The molecule has 34 heavy (non-hydrogen) atoms. The zero-order chi connectivity index (χ0) is 23.1. The minimum Gasteiger partial charge on any atom is -0.357 e. The fourth-order valence-corrected chi connectivity index (χ4v) is 5.84. The molecule has 0 unspecified atom stereocenters. The van der Waals surface area contributed by atoms with Crippen molar-refractivity contribution in [3.8, 4) is 11.3 Å². The van der Waals surface area contributed by atoms with Crippen LogP contribution in [0.15, 0.2) is 48.5 Å². The number of piperidine rings is 1. The van der Waals surface area contributed by atoms with Gasteiger partial charge < -0.3 is 15.2 Å². The normalized spacial score (nSPS) is 17.4. The highest BCUT2D eigenvalue weighted by Crippen LogP contribution is 2.47. The molecule has 2 fully saturated rings. The number of pyridine rings is 1. The van der Waals surface area contributed by atoms with Gasteiger partial charge in [-0.05, 0) is 92.5 Å². The molecule has 1 saturated carbocycles. The first kappa shape index (κ1) is 21.4. The van der Waals surface area contributed by atoms with E-state index in [1.54, 1.807) is 0 Å². The second kappa shape index (κ2) is 8.88. The van der Waals surface area contributed by atoms with Gasteiger partial charge in [0.2, 0.25) is 6.41 Å². The summed E-state index contributed by atoms with van der Waals surface area (Å²) >= 11 is 0. The summed E-state index contributed by atoms with van der Waals surface area (Å²) in [6, 6.07) is 16.6. The monoisotopic (exact) mass is 452 g/mol. The smallest absolute Gasteiger partial charge is 0.211 e. The van der Waals surface area contributed by atoms with E-state index in [4.69, 9.17) is 4.98 Å². The largest absolute Gasteiger partial charge is 0.357 e. The van der Waals surface area contributed by atoms with Crippen molar-refractivity contribution in [2.24, 2.45) is 0 Å². The van der Waals surface area contributed by atoms with Gasteiger partial charge in [-0.1, -0.05) is 37.3 Å². The Balaban J connectivity index is 1.49. The summed E-state index contributed by atoms with van der Waals surface area (Å²) in [5, 5.41) is 5.16. The number of anilines is 1. The number of carbonyl (C=O) groups excluding carboxylic acids is 1. The summed E-state index contributed by atoms with van der Waals surface area (Å²) in [4.78, 5) is 23.1. The third kappa shape index (κ3) is 3.78. The van der Waals surface area contributed by atoms with Gasteiger partial charge in [0, 0.05) is 16.8 Å². The minimum atomic E-state index is 0.556. The molecule has 0 radical (unpaired) electrons. The molecule has 2 N–H and O–H groups in total. The maximum Gasteiger partial charge on any atom is 0.211 e. The van der Waals surface area contributed by atoms with Crippen LogP contribution >= 0.6 is 0 Å². The van der Waals surface area contributed by atoms with Crippen LogP contribution in [0.3, 0.4) is 0 Å². The maximum absolute atomic E-state index is 11.4. The number of likely N-dealkylation sites (tertiary alicyclic amines) is 1. The van der Waals surface area contributed by atoms with Gasteiger partial charge in [-0.2, -0.15) is 0 Å². The van der Waals surface area contributed by atoms with Crippen LogP contribution in [0.2, 0.25) is 0 Å². The number of amides is 1. The number of nitrogens with zero attached hydrogens (tertiary/aromatic N) is 2. The number of aromatic amines is 1. The van der Waals surface area contributed by atoms with Gasteiger partial charge >= 0.3 is 0 Å². The first-order valence-electron chi connectivity index (χ1n) is 12.7. The molecule has 1 aliphatic heterocycles. The zero-order valence-electron chi connectivity index (χ0n) is 19.8. The average Bonchev–Trinajstić information content (AvgIpc) is 3.65. The first-order chi connectivity index (χ1) is 16.8. The molecule has 2 aromatic carbocycles. The van der Waals surface area contributed by atoms with Crippen molar-refractivity contribution in [2.75, 3.05) is 25.0 Å². The molecule has 2 aromatic heterocycles. The number of aromatic nitrogens is 2. The number of nitrogens with one attached hydrogen (secondary N) is 2. The number of benzene rings is 2. The molecule has 5 nitrogen and oxygen atoms in total. The van der Waals surface area contributed by atoms with Crippen LogP contribution in [0, 0.1) is 0 Å². The number of fused-ring (bicyclic) bond motifs is 2. The molecule has 6 rings (SSSR count). The van der Waals surface area contributed by atoms with Crippen molar-refractivity contribution in [1.29, 1.82) is 0 Å². The predicted molar refractivity (Wildman–Crippen MR) is 139 cm³/mol. The topological polar surface area (TPSA) is 61.0 Å². The van der Waals surface area contributed by atoms with Crippen molar-refractivity contribution in [2.45, 2.75) is 50.9 Å². The van der Waals surface area contributed by atoms with E-state index >= 15 is 0 Å². The Labute approximate surface area is 200 Å². The van der Waals surface area contributed by atoms with E-state index in [1.165, 1.54) is 63.0 Å². The van der Waals surface area contributed by atoms with Gasteiger partial charge in [-0.15, -0.1) is 0 Å². The third-order valence-corrected chi connectivity index (χ3v) is 7.63. The van der Waals surface area contributed by atoms with E-state index in [0.717, 1.165) is 45.2 Å². The van der Waals surface area contributed by atoms with Gasteiger partial charge in [0.05, 0.1) is 22.4 Å². The highest BCUT2D eigenvalue weighted by molar-refractivity contribution is 6.04. The molecule has 1 amide bonds. The van der Waals surface area contributed by atoms with E-state index in [0.29, 0.717) is 11.8 Å². The third-order valence-electron chi connectivity index (χ3n) is 7.63. The number of carbonyl (C=O) groups is 1. The Kier molecular flexibility index (Phi) is 5.58. The molecule has 3 heterocycles. The molecule has 1 aliphatic carbocycles. The van der Waals surface area contributed by atoms with Crippen molar-refractivity contribution < 1.29 is 4.79 Å². The molecule has 1 saturated heterocycles. The molecule has 174 valence electrons. The van der Waals surface area contributed by atoms with Gasteiger partial charge in [-0.3, -0.25) is 4.79 Å². The SMILES string of the molecule is CCCN1CCC(c2c(C3CC3)[nH]c3ccc(-c4c(NC=O)ccc5ccccc45)nc23)CC1. The fourth-order valence-electron chi connectivity index (χ4n) is 5.84. The lowest BCUT2D eigenvalue weighted by atomic mass is 9.87. The van der Waals surface area contributed by atoms with E-state index in [9.17, 15) is 4.79 Å². The van der Waals surface area contributed by atoms with E-state index < -0.39 is 0 Å². The van der Waals surface area contributed by atoms with Crippen LogP contribution < -0.4 is 5.32 Å². The Morgan fingerprint density at radius 1 is 1.03 bits per heavy atom. The summed E-state index contributed by atoms with van der Waals surface area (Å²) in [6.07, 6.45) is 6.92. The van der Waals surface area contributed by atoms with Gasteiger partial charge in [0.15, 0.2) is 0 Å². The molecular formula is C29H32N4O. The average molecular weight is 453 g/mol. The summed E-state index contributed by atoms with van der Waals surface area (Å²) in [7, 11) is 0. The first-order valence-corrected chi connectivity index (χ1v) is 12.7. The van der Waals surface area contributed by atoms with E-state index in [-0.39, 0.29) is 0 Å². The van der Waals surface area contributed by atoms with Crippen molar-refractivity contribution in [3.63, 3.8) is 0 Å². The molecule has 5 heteroatoms. The summed E-state index contributed by atoms with van der Waals surface area (Å²) in [5.41, 5.74) is 7.86. The zero-order valence-corrected chi connectivity index (χ0v) is 19.8. The molecule has 0 atom stereocenters. The van der Waals surface area contributed by atoms with Gasteiger partial charge in [0.1, 0.15) is 0 Å².